The molecule has 0 aliphatic rings. The Hall–Kier alpha value is -0.0300. The largest absolute Gasteiger partial charge is 0.390 e. The zero-order valence-corrected chi connectivity index (χ0v) is 9.80. The second-order valence-electron chi connectivity index (χ2n) is 3.44. The van der Waals surface area contributed by atoms with Gasteiger partial charge in [0.15, 0.2) is 0 Å². The van der Waals surface area contributed by atoms with Gasteiger partial charge in [0.25, 0.3) is 0 Å². The summed E-state index contributed by atoms with van der Waals surface area (Å²) in [6.07, 6.45) is -3.87. The Bertz CT molecular complexity index is 219. The van der Waals surface area contributed by atoms with Crippen molar-refractivity contribution >= 4 is 8.25 Å². The van der Waals surface area contributed by atoms with Crippen LogP contribution in [0.15, 0.2) is 0 Å². The van der Waals surface area contributed by atoms with Crippen LogP contribution in [0.2, 0.25) is 0 Å². The molecule has 0 radical (unpaired) electrons. The molecule has 4 nitrogen and oxygen atoms in total. The van der Waals surface area contributed by atoms with E-state index in [4.69, 9.17) is 4.89 Å². The third kappa shape index (κ3) is 6.20. The lowest BCUT2D eigenvalue weighted by atomic mass is 9.92. The number of aliphatic hydroxyl groups is 1. The first-order valence-corrected chi connectivity index (χ1v) is 6.03. The number of alkyl halides is 2. The van der Waals surface area contributed by atoms with Crippen molar-refractivity contribution in [2.24, 2.45) is 0 Å². The van der Waals surface area contributed by atoms with Crippen LogP contribution in [0.1, 0.15) is 39.5 Å². The number of halogens is 2. The summed E-state index contributed by atoms with van der Waals surface area (Å²) in [6.45, 7) is 3.38. The molecule has 0 aliphatic carbocycles. The van der Waals surface area contributed by atoms with Gasteiger partial charge in [-0.15, -0.1) is 0 Å². The first-order valence-electron chi connectivity index (χ1n) is 4.77. The Morgan fingerprint density at radius 1 is 1.27 bits per heavy atom. The van der Waals surface area contributed by atoms with E-state index in [9.17, 15) is 18.5 Å². The van der Waals surface area contributed by atoms with Gasteiger partial charge in [0.1, 0.15) is 0 Å². The van der Waals surface area contributed by atoms with Crippen LogP contribution >= 0.6 is 8.25 Å². The topological polar surface area (TPSA) is 66.8 Å². The summed E-state index contributed by atoms with van der Waals surface area (Å²) < 4.78 is 39.3. The van der Waals surface area contributed by atoms with Gasteiger partial charge in [-0.3, -0.25) is 4.57 Å². The highest BCUT2D eigenvalue weighted by Gasteiger charge is 2.35. The Morgan fingerprint density at radius 2 is 1.73 bits per heavy atom. The minimum absolute atomic E-state index is 0.165. The van der Waals surface area contributed by atoms with Crippen LogP contribution < -0.4 is 0 Å². The Balaban J connectivity index is 4.18. The van der Waals surface area contributed by atoms with Crippen molar-refractivity contribution in [1.29, 1.82) is 0 Å². The first-order chi connectivity index (χ1) is 6.74. The maximum Gasteiger partial charge on any atom is 0.362 e. The fraction of sp³-hybridized carbons (Fsp3) is 1.00. The third-order valence-corrected chi connectivity index (χ3v) is 2.91. The molecule has 0 aromatic carbocycles. The van der Waals surface area contributed by atoms with Crippen molar-refractivity contribution in [3.63, 3.8) is 0 Å². The van der Waals surface area contributed by atoms with Crippen LogP contribution in [-0.2, 0) is 9.09 Å². The summed E-state index contributed by atoms with van der Waals surface area (Å²) in [6, 6.07) is 0. The lowest BCUT2D eigenvalue weighted by molar-refractivity contribution is -0.189. The fourth-order valence-electron chi connectivity index (χ4n) is 1.16. The van der Waals surface area contributed by atoms with Crippen LogP contribution in [0, 0.1) is 0 Å². The number of hydrogen-bond acceptors (Lipinski definition) is 3. The van der Waals surface area contributed by atoms with Gasteiger partial charge < -0.3 is 10.00 Å². The molecule has 2 N–H and O–H groups in total. The standard InChI is InChI=1S/C8H17F2O4P/c1-3-7(11,4-2)5-6-8(9,10)14-15(12)13/h11,15H,3-6H2,1-2H3,(H,12,13). The summed E-state index contributed by atoms with van der Waals surface area (Å²) in [5.74, 6) is 0. The molecule has 0 saturated carbocycles. The van der Waals surface area contributed by atoms with Crippen molar-refractivity contribution in [3.05, 3.63) is 0 Å². The second kappa shape index (κ2) is 5.89. The summed E-state index contributed by atoms with van der Waals surface area (Å²) in [4.78, 5) is 8.21. The van der Waals surface area contributed by atoms with E-state index in [2.05, 4.69) is 4.52 Å². The molecule has 7 heteroatoms. The van der Waals surface area contributed by atoms with Gasteiger partial charge in [-0.25, -0.2) is 4.52 Å². The lowest BCUT2D eigenvalue weighted by Gasteiger charge is -2.26. The molecular formula is C8H17F2O4P. The van der Waals surface area contributed by atoms with E-state index >= 15 is 0 Å². The summed E-state index contributed by atoms with van der Waals surface area (Å²) >= 11 is 0. The highest BCUT2D eigenvalue weighted by atomic mass is 31.1. The van der Waals surface area contributed by atoms with Crippen molar-refractivity contribution in [1.82, 2.24) is 0 Å². The van der Waals surface area contributed by atoms with Gasteiger partial charge in [-0.2, -0.15) is 8.78 Å². The van der Waals surface area contributed by atoms with E-state index in [1.54, 1.807) is 13.8 Å². The van der Waals surface area contributed by atoms with E-state index in [1.807, 2.05) is 0 Å². The minimum atomic E-state index is -3.65. The minimum Gasteiger partial charge on any atom is -0.390 e. The molecular weight excluding hydrogens is 229 g/mol. The van der Waals surface area contributed by atoms with Gasteiger partial charge in [0.05, 0.1) is 5.60 Å². The molecule has 0 fully saturated rings. The van der Waals surface area contributed by atoms with Crippen LogP contribution in [-0.4, -0.2) is 21.7 Å². The predicted octanol–water partition coefficient (Wildman–Crippen LogP) is 2.31. The molecule has 1 unspecified atom stereocenters. The van der Waals surface area contributed by atoms with Gasteiger partial charge in [0.2, 0.25) is 0 Å². The van der Waals surface area contributed by atoms with E-state index in [1.165, 1.54) is 0 Å². The molecule has 0 aromatic heterocycles. The molecule has 0 bridgehead atoms. The molecule has 0 aliphatic heterocycles. The molecule has 92 valence electrons. The average Bonchev–Trinajstić information content (AvgIpc) is 2.12. The molecule has 0 aromatic rings. The van der Waals surface area contributed by atoms with E-state index in [-0.39, 0.29) is 6.42 Å². The quantitative estimate of drug-likeness (QED) is 0.676. The zero-order chi connectivity index (χ0) is 12.1. The lowest BCUT2D eigenvalue weighted by Crippen LogP contribution is -2.30. The SMILES string of the molecule is CCC(O)(CC)CCC(F)(F)O[PH](=O)O. The van der Waals surface area contributed by atoms with E-state index in [0.717, 1.165) is 0 Å². The molecule has 0 saturated heterocycles. The predicted molar refractivity (Wildman–Crippen MR) is 52.0 cm³/mol. The summed E-state index contributed by atoms with van der Waals surface area (Å²) in [7, 11) is -3.65. The van der Waals surface area contributed by atoms with E-state index < -0.39 is 26.4 Å². The maximum atomic E-state index is 12.8. The summed E-state index contributed by atoms with van der Waals surface area (Å²) in [5.41, 5.74) is -1.15. The molecule has 1 atom stereocenters. The van der Waals surface area contributed by atoms with Crippen LogP contribution in [0.3, 0.4) is 0 Å². The second-order valence-corrected chi connectivity index (χ2v) is 4.17. The molecule has 0 amide bonds. The van der Waals surface area contributed by atoms with Crippen molar-refractivity contribution in [3.8, 4) is 0 Å². The van der Waals surface area contributed by atoms with Crippen LogP contribution in [0.5, 0.6) is 0 Å². The fourth-order valence-corrected chi connectivity index (χ4v) is 1.52. The average molecular weight is 246 g/mol. The van der Waals surface area contributed by atoms with Crippen molar-refractivity contribution in [2.45, 2.75) is 51.2 Å². The van der Waals surface area contributed by atoms with Crippen LogP contribution in [0.4, 0.5) is 8.78 Å². The Labute approximate surface area is 88.2 Å². The Morgan fingerprint density at radius 3 is 2.07 bits per heavy atom. The molecule has 15 heavy (non-hydrogen) atoms. The van der Waals surface area contributed by atoms with Gasteiger partial charge >= 0.3 is 14.4 Å². The van der Waals surface area contributed by atoms with Gasteiger partial charge in [-0.1, -0.05) is 13.8 Å². The first kappa shape index (κ1) is 15.0. The van der Waals surface area contributed by atoms with Crippen LogP contribution in [0.25, 0.3) is 0 Å². The van der Waals surface area contributed by atoms with Crippen molar-refractivity contribution < 1.29 is 27.9 Å². The zero-order valence-electron chi connectivity index (χ0n) is 8.80. The van der Waals surface area contributed by atoms with Gasteiger partial charge in [0, 0.05) is 6.42 Å². The Kier molecular flexibility index (Phi) is 5.88. The highest BCUT2D eigenvalue weighted by Crippen LogP contribution is 2.35. The molecule has 0 spiro atoms. The monoisotopic (exact) mass is 246 g/mol. The smallest absolute Gasteiger partial charge is 0.362 e. The summed E-state index contributed by atoms with van der Waals surface area (Å²) in [5, 5.41) is 9.71. The van der Waals surface area contributed by atoms with Crippen molar-refractivity contribution in [2.75, 3.05) is 0 Å². The molecule has 0 heterocycles. The maximum absolute atomic E-state index is 12.8. The number of hydrogen-bond donors (Lipinski definition) is 2. The van der Waals surface area contributed by atoms with E-state index in [0.29, 0.717) is 12.8 Å². The third-order valence-electron chi connectivity index (χ3n) is 2.43. The normalized spacial score (nSPS) is 15.3. The highest BCUT2D eigenvalue weighted by molar-refractivity contribution is 7.32. The molecule has 0 rings (SSSR count). The van der Waals surface area contributed by atoms with Gasteiger partial charge in [-0.05, 0) is 19.3 Å². The number of rotatable bonds is 7.